The highest BCUT2D eigenvalue weighted by molar-refractivity contribution is 5.97. The average molecular weight is 371 g/mol. The second-order valence-electron chi connectivity index (χ2n) is 7.66. The van der Waals surface area contributed by atoms with Gasteiger partial charge >= 0.3 is 11.1 Å². The number of aromatic amines is 2. The molecule has 1 aromatic heterocycles. The Labute approximate surface area is 156 Å². The van der Waals surface area contributed by atoms with Crippen molar-refractivity contribution in [3.05, 3.63) is 44.5 Å². The number of aromatic nitrogens is 2. The molecule has 2 fully saturated rings. The lowest BCUT2D eigenvalue weighted by Gasteiger charge is -2.26. The highest BCUT2D eigenvalue weighted by atomic mass is 16.2. The van der Waals surface area contributed by atoms with Gasteiger partial charge in [-0.1, -0.05) is 19.3 Å². The van der Waals surface area contributed by atoms with E-state index in [9.17, 15) is 14.4 Å². The van der Waals surface area contributed by atoms with Gasteiger partial charge in [-0.15, -0.1) is 0 Å². The Bertz CT molecular complexity index is 966. The summed E-state index contributed by atoms with van der Waals surface area (Å²) in [4.78, 5) is 42.5. The first kappa shape index (κ1) is 17.9. The predicted molar refractivity (Wildman–Crippen MR) is 103 cm³/mol. The van der Waals surface area contributed by atoms with Crippen LogP contribution in [-0.2, 0) is 0 Å². The normalized spacial score (nSPS) is 25.1. The van der Waals surface area contributed by atoms with Crippen molar-refractivity contribution in [3.8, 4) is 0 Å². The Morgan fingerprint density at radius 3 is 2.59 bits per heavy atom. The average Bonchev–Trinajstić information content (AvgIpc) is 2.88. The van der Waals surface area contributed by atoms with E-state index in [1.165, 1.54) is 32.1 Å². The summed E-state index contributed by atoms with van der Waals surface area (Å²) >= 11 is 0. The molecule has 4 N–H and O–H groups in total. The van der Waals surface area contributed by atoms with E-state index in [1.807, 2.05) is 0 Å². The molecule has 1 amide bonds. The van der Waals surface area contributed by atoms with E-state index >= 15 is 0 Å². The summed E-state index contributed by atoms with van der Waals surface area (Å²) in [5.74, 6) is 0.434. The molecule has 8 nitrogen and oxygen atoms in total. The van der Waals surface area contributed by atoms with Crippen molar-refractivity contribution < 1.29 is 4.79 Å². The molecule has 0 radical (unpaired) electrons. The van der Waals surface area contributed by atoms with Gasteiger partial charge in [0, 0.05) is 31.2 Å². The molecule has 2 heterocycles. The van der Waals surface area contributed by atoms with Gasteiger partial charge in [0.1, 0.15) is 0 Å². The summed E-state index contributed by atoms with van der Waals surface area (Å²) < 4.78 is 0. The Morgan fingerprint density at radius 2 is 1.78 bits per heavy atom. The molecule has 3 unspecified atom stereocenters. The number of hydrazine groups is 1. The molecule has 3 atom stereocenters. The van der Waals surface area contributed by atoms with Crippen LogP contribution in [0.3, 0.4) is 0 Å². The third-order valence-corrected chi connectivity index (χ3v) is 5.83. The summed E-state index contributed by atoms with van der Waals surface area (Å²) in [5, 5.41) is 0. The molecule has 1 aromatic carbocycles. The SMILES string of the molecule is CN(CC1NNC2CCCCCC21)C(=O)c1ccc2[nH]c(=O)c(=O)[nH]c2c1. The van der Waals surface area contributed by atoms with Crippen molar-refractivity contribution in [2.75, 3.05) is 13.6 Å². The van der Waals surface area contributed by atoms with Gasteiger partial charge < -0.3 is 14.9 Å². The van der Waals surface area contributed by atoms with Crippen LogP contribution in [0.5, 0.6) is 0 Å². The van der Waals surface area contributed by atoms with Crippen molar-refractivity contribution in [2.24, 2.45) is 5.92 Å². The fourth-order valence-corrected chi connectivity index (χ4v) is 4.35. The van der Waals surface area contributed by atoms with Gasteiger partial charge in [0.25, 0.3) is 5.91 Å². The first-order valence-electron chi connectivity index (χ1n) is 9.56. The number of carbonyl (C=O) groups excluding carboxylic acids is 1. The van der Waals surface area contributed by atoms with Gasteiger partial charge in [-0.3, -0.25) is 25.2 Å². The largest absolute Gasteiger partial charge is 0.340 e. The summed E-state index contributed by atoms with van der Waals surface area (Å²) in [6.07, 6.45) is 6.15. The molecule has 1 saturated carbocycles. The minimum atomic E-state index is -0.721. The fourth-order valence-electron chi connectivity index (χ4n) is 4.35. The van der Waals surface area contributed by atoms with Crippen LogP contribution in [0, 0.1) is 5.92 Å². The van der Waals surface area contributed by atoms with Gasteiger partial charge in [-0.2, -0.15) is 0 Å². The van der Waals surface area contributed by atoms with Crippen LogP contribution >= 0.6 is 0 Å². The summed E-state index contributed by atoms with van der Waals surface area (Å²) in [5.41, 5.74) is 6.80. The molecule has 2 aliphatic rings. The zero-order valence-corrected chi connectivity index (χ0v) is 15.4. The van der Waals surface area contributed by atoms with Crippen LogP contribution in [0.25, 0.3) is 11.0 Å². The molecule has 2 aromatic rings. The lowest BCUT2D eigenvalue weighted by Crippen LogP contribution is -2.43. The van der Waals surface area contributed by atoms with Crippen LogP contribution in [0.1, 0.15) is 42.5 Å². The molecular weight excluding hydrogens is 346 g/mol. The number of hydrogen-bond acceptors (Lipinski definition) is 5. The first-order chi connectivity index (χ1) is 13.0. The van der Waals surface area contributed by atoms with Gasteiger partial charge in [0.05, 0.1) is 11.0 Å². The zero-order chi connectivity index (χ0) is 19.0. The summed E-state index contributed by atoms with van der Waals surface area (Å²) in [6, 6.07) is 5.65. The van der Waals surface area contributed by atoms with Gasteiger partial charge in [0.15, 0.2) is 0 Å². The molecule has 1 saturated heterocycles. The van der Waals surface area contributed by atoms with E-state index in [4.69, 9.17) is 0 Å². The second-order valence-corrected chi connectivity index (χ2v) is 7.66. The zero-order valence-electron chi connectivity index (χ0n) is 15.4. The molecule has 4 rings (SSSR count). The second kappa shape index (κ2) is 7.28. The highest BCUT2D eigenvalue weighted by Gasteiger charge is 2.37. The maximum atomic E-state index is 12.9. The molecular formula is C19H25N5O3. The monoisotopic (exact) mass is 371 g/mol. The van der Waals surface area contributed by atoms with E-state index < -0.39 is 11.1 Å². The van der Waals surface area contributed by atoms with Crippen molar-refractivity contribution in [2.45, 2.75) is 44.2 Å². The summed E-state index contributed by atoms with van der Waals surface area (Å²) in [6.45, 7) is 0.618. The fraction of sp³-hybridized carbons (Fsp3) is 0.526. The van der Waals surface area contributed by atoms with Crippen LogP contribution in [0.2, 0.25) is 0 Å². The molecule has 1 aliphatic heterocycles. The molecule has 144 valence electrons. The van der Waals surface area contributed by atoms with Gasteiger partial charge in [-0.25, -0.2) is 0 Å². The van der Waals surface area contributed by atoms with Crippen molar-refractivity contribution in [1.29, 1.82) is 0 Å². The number of benzene rings is 1. The lowest BCUT2D eigenvalue weighted by atomic mass is 9.90. The Kier molecular flexibility index (Phi) is 4.84. The molecule has 0 spiro atoms. The van der Waals surface area contributed by atoms with E-state index in [0.29, 0.717) is 35.1 Å². The van der Waals surface area contributed by atoms with Crippen LogP contribution in [0.15, 0.2) is 27.8 Å². The van der Waals surface area contributed by atoms with E-state index in [0.717, 1.165) is 0 Å². The first-order valence-corrected chi connectivity index (χ1v) is 9.56. The van der Waals surface area contributed by atoms with Crippen LogP contribution in [0.4, 0.5) is 0 Å². The van der Waals surface area contributed by atoms with E-state index in [2.05, 4.69) is 20.8 Å². The van der Waals surface area contributed by atoms with Gasteiger partial charge in [-0.05, 0) is 37.0 Å². The van der Waals surface area contributed by atoms with Crippen molar-refractivity contribution in [3.63, 3.8) is 0 Å². The maximum absolute atomic E-state index is 12.9. The van der Waals surface area contributed by atoms with E-state index in [1.54, 1.807) is 30.1 Å². The van der Waals surface area contributed by atoms with Gasteiger partial charge in [0.2, 0.25) is 0 Å². The van der Waals surface area contributed by atoms with Crippen LogP contribution < -0.4 is 22.0 Å². The smallest absolute Gasteiger partial charge is 0.314 e. The Hall–Kier alpha value is -2.45. The maximum Gasteiger partial charge on any atom is 0.314 e. The number of amides is 1. The van der Waals surface area contributed by atoms with Crippen molar-refractivity contribution >= 4 is 16.9 Å². The minimum Gasteiger partial charge on any atom is -0.340 e. The molecule has 27 heavy (non-hydrogen) atoms. The summed E-state index contributed by atoms with van der Waals surface area (Å²) in [7, 11) is 1.80. The number of H-pyrrole nitrogens is 2. The topological polar surface area (TPSA) is 110 Å². The Balaban J connectivity index is 1.50. The number of rotatable bonds is 3. The molecule has 1 aliphatic carbocycles. The number of nitrogens with zero attached hydrogens (tertiary/aromatic N) is 1. The standard InChI is InChI=1S/C19H25N5O3/c1-24(10-16-12-5-3-2-4-6-13(12)22-23-16)19(27)11-7-8-14-15(9-11)21-18(26)17(25)20-14/h7-9,12-13,16,22-23H,2-6,10H2,1H3,(H,20,25)(H,21,26). The lowest BCUT2D eigenvalue weighted by molar-refractivity contribution is 0.0774. The van der Waals surface area contributed by atoms with Crippen LogP contribution in [-0.4, -0.2) is 46.5 Å². The quantitative estimate of drug-likeness (QED) is 0.594. The minimum absolute atomic E-state index is 0.108. The highest BCUT2D eigenvalue weighted by Crippen LogP contribution is 2.29. The third kappa shape index (κ3) is 3.54. The molecule has 8 heteroatoms. The Morgan fingerprint density at radius 1 is 1.04 bits per heavy atom. The van der Waals surface area contributed by atoms with E-state index in [-0.39, 0.29) is 11.9 Å². The third-order valence-electron chi connectivity index (χ3n) is 5.83. The number of nitrogens with one attached hydrogen (secondary N) is 4. The number of hydrogen-bond donors (Lipinski definition) is 4. The van der Waals surface area contributed by atoms with Crippen molar-refractivity contribution in [1.82, 2.24) is 25.7 Å². The molecule has 0 bridgehead atoms. The number of likely N-dealkylation sites (N-methyl/N-ethyl adjacent to an activating group) is 1. The number of fused-ring (bicyclic) bond motifs is 2. The number of carbonyl (C=O) groups is 1. The predicted octanol–water partition coefficient (Wildman–Crippen LogP) is 0.714.